The Morgan fingerprint density at radius 1 is 0.796 bits per heavy atom. The smallest absolute Gasteiger partial charge is 0.354 e. The first-order valence-corrected chi connectivity index (χ1v) is 17.0. The SMILES string of the molecule is C/C(=C\COC1=C[C@]2(Oc3cc4occc4cc31)O[C@H](CC/C(C)=C/COc1ccc3ccc(=O)oc3c1)C(C)(C)O2)CCC1OC1(C)C. The maximum atomic E-state index is 11.6. The lowest BCUT2D eigenvalue weighted by atomic mass is 9.96. The molecule has 9 heteroatoms. The van der Waals surface area contributed by atoms with Crippen LogP contribution in [-0.2, 0) is 18.9 Å². The molecule has 3 aliphatic rings. The number of rotatable bonds is 12. The molecule has 49 heavy (non-hydrogen) atoms. The topological polar surface area (TPSA) is 102 Å². The van der Waals surface area contributed by atoms with Gasteiger partial charge in [0.15, 0.2) is 0 Å². The molecule has 2 aromatic heterocycles. The summed E-state index contributed by atoms with van der Waals surface area (Å²) in [5.41, 5.74) is 3.41. The van der Waals surface area contributed by atoms with E-state index in [1.807, 2.05) is 56.3 Å². The van der Waals surface area contributed by atoms with Gasteiger partial charge in [0.1, 0.15) is 41.6 Å². The van der Waals surface area contributed by atoms with Gasteiger partial charge >= 0.3 is 11.6 Å². The molecule has 3 aliphatic heterocycles. The van der Waals surface area contributed by atoms with Crippen molar-refractivity contribution in [2.75, 3.05) is 13.2 Å². The van der Waals surface area contributed by atoms with Crippen molar-refractivity contribution in [2.45, 2.75) is 96.6 Å². The van der Waals surface area contributed by atoms with Crippen molar-refractivity contribution < 1.29 is 37.3 Å². The second kappa shape index (κ2) is 12.9. The summed E-state index contributed by atoms with van der Waals surface area (Å²) in [6, 6.07) is 14.4. The van der Waals surface area contributed by atoms with Crippen LogP contribution < -0.4 is 15.1 Å². The zero-order chi connectivity index (χ0) is 34.4. The molecule has 7 rings (SSSR count). The van der Waals surface area contributed by atoms with Gasteiger partial charge in [0.05, 0.1) is 41.3 Å². The van der Waals surface area contributed by atoms with Gasteiger partial charge in [0.2, 0.25) is 0 Å². The number of allylic oxidation sites excluding steroid dienone is 2. The van der Waals surface area contributed by atoms with Gasteiger partial charge in [-0.05, 0) is 110 Å². The first kappa shape index (κ1) is 33.2. The van der Waals surface area contributed by atoms with Crippen LogP contribution in [0.4, 0.5) is 0 Å². The molecule has 9 nitrogen and oxygen atoms in total. The minimum absolute atomic E-state index is 0.00264. The zero-order valence-corrected chi connectivity index (χ0v) is 29.0. The molecule has 2 aromatic carbocycles. The molecular formula is C40H44O9. The Morgan fingerprint density at radius 2 is 1.49 bits per heavy atom. The van der Waals surface area contributed by atoms with Gasteiger partial charge < -0.3 is 37.3 Å². The van der Waals surface area contributed by atoms with Crippen LogP contribution in [-0.4, -0.2) is 42.6 Å². The van der Waals surface area contributed by atoms with Gasteiger partial charge in [0, 0.05) is 29.0 Å². The molecule has 0 saturated carbocycles. The largest absolute Gasteiger partial charge is 0.489 e. The minimum atomic E-state index is -1.45. The van der Waals surface area contributed by atoms with Gasteiger partial charge in [-0.2, -0.15) is 0 Å². The van der Waals surface area contributed by atoms with Crippen LogP contribution in [0.15, 0.2) is 97.8 Å². The summed E-state index contributed by atoms with van der Waals surface area (Å²) in [5, 5.41) is 1.80. The van der Waals surface area contributed by atoms with E-state index in [9.17, 15) is 4.79 Å². The zero-order valence-electron chi connectivity index (χ0n) is 29.0. The van der Waals surface area contributed by atoms with E-state index in [0.29, 0.717) is 54.2 Å². The van der Waals surface area contributed by atoms with Gasteiger partial charge in [-0.25, -0.2) is 4.79 Å². The summed E-state index contributed by atoms with van der Waals surface area (Å²) >= 11 is 0. The summed E-state index contributed by atoms with van der Waals surface area (Å²) in [5.74, 6) is 0.399. The van der Waals surface area contributed by atoms with Crippen molar-refractivity contribution in [3.05, 3.63) is 100 Å². The highest BCUT2D eigenvalue weighted by atomic mass is 16.9. The molecule has 4 aromatic rings. The quantitative estimate of drug-likeness (QED) is 0.0832. The van der Waals surface area contributed by atoms with Gasteiger partial charge in [-0.1, -0.05) is 11.1 Å². The first-order valence-electron chi connectivity index (χ1n) is 17.0. The molecule has 2 saturated heterocycles. The average molecular weight is 669 g/mol. The third-order valence-electron chi connectivity index (χ3n) is 9.58. The van der Waals surface area contributed by atoms with E-state index in [4.69, 9.17) is 37.3 Å². The number of epoxide rings is 1. The van der Waals surface area contributed by atoms with Crippen molar-refractivity contribution in [2.24, 2.45) is 0 Å². The van der Waals surface area contributed by atoms with E-state index in [2.05, 4.69) is 33.8 Å². The fourth-order valence-electron chi connectivity index (χ4n) is 6.47. The van der Waals surface area contributed by atoms with Crippen LogP contribution in [0.25, 0.3) is 27.7 Å². The van der Waals surface area contributed by atoms with Crippen LogP contribution in [0.1, 0.15) is 72.8 Å². The molecule has 0 bridgehead atoms. The predicted octanol–water partition coefficient (Wildman–Crippen LogP) is 8.85. The van der Waals surface area contributed by atoms with Crippen molar-refractivity contribution in [3.63, 3.8) is 0 Å². The predicted molar refractivity (Wildman–Crippen MR) is 186 cm³/mol. The van der Waals surface area contributed by atoms with E-state index < -0.39 is 11.6 Å². The lowest BCUT2D eigenvalue weighted by Crippen LogP contribution is -2.40. The Bertz CT molecular complexity index is 2010. The molecule has 258 valence electrons. The molecule has 1 unspecified atom stereocenters. The normalized spacial score (nSPS) is 24.2. The summed E-state index contributed by atoms with van der Waals surface area (Å²) in [7, 11) is 0. The summed E-state index contributed by atoms with van der Waals surface area (Å²) < 4.78 is 48.7. The summed E-state index contributed by atoms with van der Waals surface area (Å²) in [4.78, 5) is 11.6. The summed E-state index contributed by atoms with van der Waals surface area (Å²) in [6.07, 6.45) is 11.1. The Kier molecular flexibility index (Phi) is 8.71. The molecule has 0 aliphatic carbocycles. The monoisotopic (exact) mass is 668 g/mol. The van der Waals surface area contributed by atoms with E-state index >= 15 is 0 Å². The average Bonchev–Trinajstić information content (AvgIpc) is 3.31. The van der Waals surface area contributed by atoms with Gasteiger partial charge in [0.25, 0.3) is 0 Å². The molecule has 1 spiro atoms. The lowest BCUT2D eigenvalue weighted by molar-refractivity contribution is -0.271. The highest BCUT2D eigenvalue weighted by Gasteiger charge is 2.55. The van der Waals surface area contributed by atoms with E-state index in [1.165, 1.54) is 11.6 Å². The van der Waals surface area contributed by atoms with Crippen LogP contribution >= 0.6 is 0 Å². The number of furan rings is 1. The standard InChI is InChI=1S/C40H44O9/c1-25(15-18-42-29-11-9-27-10-14-37(41)45-32(27)22-29)8-13-36-39(5,6)49-40(48-36)24-34(30-21-28-17-20-43-31(28)23-33(30)46-40)44-19-16-26(2)7-12-35-38(3,4)47-35/h9-11,14-17,20-24,35-36H,7-8,12-13,18-19H2,1-6H3/b25-15+,26-16+/t35?,36-,40+/m1/s1. The molecule has 0 amide bonds. The third kappa shape index (κ3) is 7.34. The molecular weight excluding hydrogens is 624 g/mol. The molecule has 2 fully saturated rings. The first-order chi connectivity index (χ1) is 23.4. The molecule has 0 N–H and O–H groups in total. The molecule has 3 atom stereocenters. The van der Waals surface area contributed by atoms with Gasteiger partial charge in [-0.3, -0.25) is 0 Å². The van der Waals surface area contributed by atoms with Gasteiger partial charge in [-0.15, -0.1) is 0 Å². The number of ether oxygens (including phenoxy) is 6. The minimum Gasteiger partial charge on any atom is -0.489 e. The number of hydrogen-bond acceptors (Lipinski definition) is 9. The van der Waals surface area contributed by atoms with Crippen molar-refractivity contribution in [3.8, 4) is 11.5 Å². The van der Waals surface area contributed by atoms with Crippen LogP contribution in [0.5, 0.6) is 11.5 Å². The Labute approximate surface area is 286 Å². The maximum Gasteiger partial charge on any atom is 0.354 e. The second-order valence-corrected chi connectivity index (χ2v) is 14.3. The number of fused-ring (bicyclic) bond motifs is 3. The highest BCUT2D eigenvalue weighted by Crippen LogP contribution is 2.47. The van der Waals surface area contributed by atoms with Crippen molar-refractivity contribution in [1.82, 2.24) is 0 Å². The van der Waals surface area contributed by atoms with E-state index in [0.717, 1.165) is 41.2 Å². The summed E-state index contributed by atoms with van der Waals surface area (Å²) in [6.45, 7) is 13.3. The number of hydrogen-bond donors (Lipinski definition) is 0. The fourth-order valence-corrected chi connectivity index (χ4v) is 6.47. The molecule has 0 radical (unpaired) electrons. The highest BCUT2D eigenvalue weighted by molar-refractivity contribution is 5.85. The van der Waals surface area contributed by atoms with E-state index in [1.54, 1.807) is 18.4 Å². The van der Waals surface area contributed by atoms with Crippen LogP contribution in [0.3, 0.4) is 0 Å². The number of benzene rings is 2. The Morgan fingerprint density at radius 3 is 2.22 bits per heavy atom. The van der Waals surface area contributed by atoms with Crippen LogP contribution in [0.2, 0.25) is 0 Å². The third-order valence-corrected chi connectivity index (χ3v) is 9.58. The van der Waals surface area contributed by atoms with E-state index in [-0.39, 0.29) is 17.3 Å². The Balaban J connectivity index is 1.01. The van der Waals surface area contributed by atoms with Crippen LogP contribution in [0, 0.1) is 0 Å². The van der Waals surface area contributed by atoms with Crippen molar-refractivity contribution >= 4 is 27.7 Å². The lowest BCUT2D eigenvalue weighted by Gasteiger charge is -2.32. The second-order valence-electron chi connectivity index (χ2n) is 14.3. The van der Waals surface area contributed by atoms with Crippen molar-refractivity contribution in [1.29, 1.82) is 0 Å². The fraction of sp³-hybridized carbons (Fsp3) is 0.425. The Hall–Kier alpha value is -4.31. The maximum absolute atomic E-state index is 11.6. The molecule has 5 heterocycles.